The van der Waals surface area contributed by atoms with Crippen molar-refractivity contribution in [3.05, 3.63) is 18.2 Å². The average molecular weight is 202 g/mol. The van der Waals surface area contributed by atoms with Crippen molar-refractivity contribution in [2.45, 2.75) is 4.90 Å². The van der Waals surface area contributed by atoms with Crippen LogP contribution in [0.5, 0.6) is 11.5 Å². The lowest BCUT2D eigenvalue weighted by atomic mass is 10.3. The Hall–Kier alpha value is -1.23. The Morgan fingerprint density at radius 2 is 1.54 bits per heavy atom. The van der Waals surface area contributed by atoms with Crippen LogP contribution in [0, 0.1) is 0 Å². The minimum atomic E-state index is -2.70. The van der Waals surface area contributed by atoms with E-state index in [4.69, 9.17) is 9.47 Å². The fraction of sp³-hybridized carbons (Fsp3) is 0.250. The molecule has 1 aromatic rings. The molecule has 0 bridgehead atoms. The van der Waals surface area contributed by atoms with E-state index in [2.05, 4.69) is 0 Å². The minimum Gasteiger partial charge on any atom is -0.495 e. The number of ether oxygens (including phenoxy) is 2. The highest BCUT2D eigenvalue weighted by Crippen LogP contribution is 2.29. The van der Waals surface area contributed by atoms with Gasteiger partial charge in [-0.25, -0.2) is 8.42 Å². The molecule has 5 heteroatoms. The van der Waals surface area contributed by atoms with Gasteiger partial charge in [0.05, 0.1) is 14.2 Å². The molecule has 0 saturated carbocycles. The van der Waals surface area contributed by atoms with E-state index in [-0.39, 0.29) is 4.90 Å². The summed E-state index contributed by atoms with van der Waals surface area (Å²) in [4.78, 5) is 0.0856. The zero-order chi connectivity index (χ0) is 9.84. The maximum Gasteiger partial charge on any atom is 0.175 e. The van der Waals surface area contributed by atoms with Crippen molar-refractivity contribution in [3.8, 4) is 11.5 Å². The van der Waals surface area contributed by atoms with Crippen LogP contribution < -0.4 is 9.47 Å². The normalized spacial score (nSPS) is 10.1. The van der Waals surface area contributed by atoms with Crippen molar-refractivity contribution in [2.24, 2.45) is 0 Å². The third-order valence-electron chi connectivity index (χ3n) is 1.58. The van der Waals surface area contributed by atoms with E-state index in [0.29, 0.717) is 11.5 Å². The Morgan fingerprint density at radius 1 is 1.08 bits per heavy atom. The van der Waals surface area contributed by atoms with Gasteiger partial charge in [-0.05, 0) is 12.1 Å². The van der Waals surface area contributed by atoms with E-state index in [1.54, 1.807) is 18.2 Å². The summed E-state index contributed by atoms with van der Waals surface area (Å²) in [7, 11) is 0.129. The van der Waals surface area contributed by atoms with E-state index in [1.807, 2.05) is 0 Å². The molecule has 72 valence electrons. The molecule has 0 aliphatic carbocycles. The highest BCUT2D eigenvalue weighted by Gasteiger charge is 2.11. The van der Waals surface area contributed by atoms with Crippen molar-refractivity contribution in [3.63, 3.8) is 0 Å². The van der Waals surface area contributed by atoms with Crippen LogP contribution in [0.25, 0.3) is 0 Å². The van der Waals surface area contributed by atoms with Gasteiger partial charge in [0.1, 0.15) is 16.4 Å². The predicted octanol–water partition coefficient (Wildman–Crippen LogP) is 0.674. The van der Waals surface area contributed by atoms with Crippen LogP contribution >= 0.6 is 0 Å². The molecular formula is C8H10O4S. The van der Waals surface area contributed by atoms with E-state index >= 15 is 0 Å². The van der Waals surface area contributed by atoms with Crippen molar-refractivity contribution in [1.29, 1.82) is 0 Å². The summed E-state index contributed by atoms with van der Waals surface area (Å²) in [5.41, 5.74) is 0. The molecule has 1 rings (SSSR count). The molecule has 0 unspecified atom stereocenters. The second kappa shape index (κ2) is 4.13. The lowest BCUT2D eigenvalue weighted by molar-refractivity contribution is 0.374. The first-order valence-electron chi connectivity index (χ1n) is 3.56. The molecule has 1 aromatic carbocycles. The molecule has 0 aromatic heterocycles. The van der Waals surface area contributed by atoms with Gasteiger partial charge in [-0.3, -0.25) is 0 Å². The SMILES string of the molecule is COc1cccc(OC)c1[SH](=O)=O. The van der Waals surface area contributed by atoms with E-state index in [9.17, 15) is 8.42 Å². The van der Waals surface area contributed by atoms with Gasteiger partial charge >= 0.3 is 0 Å². The van der Waals surface area contributed by atoms with E-state index in [0.717, 1.165) is 0 Å². The van der Waals surface area contributed by atoms with Gasteiger partial charge in [-0.1, -0.05) is 6.07 Å². The smallest absolute Gasteiger partial charge is 0.175 e. The quantitative estimate of drug-likeness (QED) is 0.732. The zero-order valence-corrected chi connectivity index (χ0v) is 8.21. The molecule has 0 saturated heterocycles. The fourth-order valence-electron chi connectivity index (χ4n) is 1.01. The lowest BCUT2D eigenvalue weighted by Crippen LogP contribution is -1.94. The summed E-state index contributed by atoms with van der Waals surface area (Å²) in [6, 6.07) is 4.81. The topological polar surface area (TPSA) is 52.6 Å². The molecule has 4 nitrogen and oxygen atoms in total. The molecule has 13 heavy (non-hydrogen) atoms. The van der Waals surface area contributed by atoms with Gasteiger partial charge in [0, 0.05) is 0 Å². The standard InChI is InChI=1S/C8H10O4S/c1-11-6-4-3-5-7(12-2)8(6)13(9)10/h3-5,13H,1-2H3. The van der Waals surface area contributed by atoms with Crippen molar-refractivity contribution in [1.82, 2.24) is 0 Å². The largest absolute Gasteiger partial charge is 0.495 e. The van der Waals surface area contributed by atoms with Crippen molar-refractivity contribution in [2.75, 3.05) is 14.2 Å². The second-order valence-corrected chi connectivity index (χ2v) is 3.23. The summed E-state index contributed by atoms with van der Waals surface area (Å²) >= 11 is 0. The molecule has 0 radical (unpaired) electrons. The van der Waals surface area contributed by atoms with Gasteiger partial charge in [0.15, 0.2) is 10.7 Å². The van der Waals surface area contributed by atoms with Crippen LogP contribution in [0.1, 0.15) is 0 Å². The van der Waals surface area contributed by atoms with Crippen molar-refractivity contribution >= 4 is 10.7 Å². The lowest BCUT2D eigenvalue weighted by Gasteiger charge is -2.07. The van der Waals surface area contributed by atoms with E-state index < -0.39 is 10.7 Å². The highest BCUT2D eigenvalue weighted by molar-refractivity contribution is 7.72. The minimum absolute atomic E-state index is 0.0856. The summed E-state index contributed by atoms with van der Waals surface area (Å²) in [6.07, 6.45) is 0. The summed E-state index contributed by atoms with van der Waals surface area (Å²) in [5.74, 6) is 0.603. The fourth-order valence-corrected chi connectivity index (χ4v) is 1.70. The average Bonchev–Trinajstić information content (AvgIpc) is 2.16. The first-order valence-corrected chi connectivity index (χ1v) is 4.74. The Morgan fingerprint density at radius 3 is 1.85 bits per heavy atom. The number of methoxy groups -OCH3 is 2. The zero-order valence-electron chi connectivity index (χ0n) is 7.31. The first kappa shape index (κ1) is 9.85. The van der Waals surface area contributed by atoms with Crippen molar-refractivity contribution < 1.29 is 17.9 Å². The third kappa shape index (κ3) is 1.92. The number of hydrogen-bond donors (Lipinski definition) is 1. The van der Waals surface area contributed by atoms with Crippen LogP contribution in [-0.2, 0) is 10.7 Å². The van der Waals surface area contributed by atoms with Crippen LogP contribution in [0.4, 0.5) is 0 Å². The molecule has 0 aliphatic rings. The molecule has 0 spiro atoms. The number of thiol groups is 1. The Kier molecular flexibility index (Phi) is 3.13. The molecule has 0 fully saturated rings. The van der Waals surface area contributed by atoms with Crippen LogP contribution in [0.3, 0.4) is 0 Å². The van der Waals surface area contributed by atoms with Gasteiger partial charge < -0.3 is 9.47 Å². The second-order valence-electron chi connectivity index (χ2n) is 2.27. The Balaban J connectivity index is 3.38. The van der Waals surface area contributed by atoms with Crippen LogP contribution in [-0.4, -0.2) is 22.6 Å². The van der Waals surface area contributed by atoms with Crippen LogP contribution in [0.15, 0.2) is 23.1 Å². The molecule has 0 amide bonds. The maximum absolute atomic E-state index is 10.8. The van der Waals surface area contributed by atoms with Gasteiger partial charge in [0.25, 0.3) is 0 Å². The van der Waals surface area contributed by atoms with E-state index in [1.165, 1.54) is 14.2 Å². The predicted molar refractivity (Wildman–Crippen MR) is 48.1 cm³/mol. The number of rotatable bonds is 3. The van der Waals surface area contributed by atoms with Gasteiger partial charge in [-0.15, -0.1) is 0 Å². The summed E-state index contributed by atoms with van der Waals surface area (Å²) in [6.45, 7) is 0. The van der Waals surface area contributed by atoms with Gasteiger partial charge in [-0.2, -0.15) is 0 Å². The number of benzene rings is 1. The molecular weight excluding hydrogens is 192 g/mol. The highest BCUT2D eigenvalue weighted by atomic mass is 32.2. The molecule has 0 atom stereocenters. The first-order chi connectivity index (χ1) is 6.20. The number of hydrogen-bond acceptors (Lipinski definition) is 4. The molecule has 0 heterocycles. The maximum atomic E-state index is 10.8. The van der Waals surface area contributed by atoms with Gasteiger partial charge in [0.2, 0.25) is 0 Å². The summed E-state index contributed by atoms with van der Waals surface area (Å²) in [5, 5.41) is 0. The molecule has 0 aliphatic heterocycles. The Bertz CT molecular complexity index is 340. The third-order valence-corrected chi connectivity index (χ3v) is 2.39. The Labute approximate surface area is 78.0 Å². The summed E-state index contributed by atoms with van der Waals surface area (Å²) < 4.78 is 31.4. The molecule has 0 N–H and O–H groups in total. The van der Waals surface area contributed by atoms with Crippen LogP contribution in [0.2, 0.25) is 0 Å². The monoisotopic (exact) mass is 202 g/mol.